The van der Waals surface area contributed by atoms with Crippen LogP contribution in [0.1, 0.15) is 30.1 Å². The maximum Gasteiger partial charge on any atom is 0.109 e. The van der Waals surface area contributed by atoms with Crippen LogP contribution in [0.3, 0.4) is 0 Å². The maximum absolute atomic E-state index is 5.81. The van der Waals surface area contributed by atoms with Crippen molar-refractivity contribution in [3.05, 3.63) is 41.9 Å². The molecule has 1 heterocycles. The lowest BCUT2D eigenvalue weighted by Crippen LogP contribution is -2.35. The Hall–Kier alpha value is -1.61. The second-order valence-electron chi connectivity index (χ2n) is 4.93. The van der Waals surface area contributed by atoms with Gasteiger partial charge in [0.2, 0.25) is 0 Å². The fourth-order valence-electron chi connectivity index (χ4n) is 2.44. The number of aromatic amines is 1. The Morgan fingerprint density at radius 1 is 1.29 bits per heavy atom. The van der Waals surface area contributed by atoms with Gasteiger partial charge in [0, 0.05) is 17.5 Å². The van der Waals surface area contributed by atoms with Crippen LogP contribution in [0.5, 0.6) is 0 Å². The van der Waals surface area contributed by atoms with E-state index in [9.17, 15) is 0 Å². The quantitative estimate of drug-likeness (QED) is 0.828. The minimum Gasteiger partial charge on any atom is -0.342 e. The van der Waals surface area contributed by atoms with Crippen molar-refractivity contribution in [2.45, 2.75) is 31.7 Å². The van der Waals surface area contributed by atoms with Crippen molar-refractivity contribution < 1.29 is 0 Å². The number of benzene rings is 1. The van der Waals surface area contributed by atoms with Crippen molar-refractivity contribution in [2.75, 3.05) is 0 Å². The zero-order valence-electron chi connectivity index (χ0n) is 9.98. The van der Waals surface area contributed by atoms with E-state index < -0.39 is 0 Å². The number of aryl methyl sites for hydroxylation is 1. The highest BCUT2D eigenvalue weighted by Crippen LogP contribution is 2.35. The minimum atomic E-state index is 0.368. The molecule has 17 heavy (non-hydrogen) atoms. The number of hydrogen-bond acceptors (Lipinski definition) is 2. The van der Waals surface area contributed by atoms with Gasteiger partial charge in [0.15, 0.2) is 0 Å². The molecule has 1 aliphatic carbocycles. The van der Waals surface area contributed by atoms with Crippen molar-refractivity contribution in [2.24, 2.45) is 5.73 Å². The molecular formula is C14H17N3. The van der Waals surface area contributed by atoms with Crippen LogP contribution in [-0.4, -0.2) is 16.0 Å². The monoisotopic (exact) mass is 227 g/mol. The normalized spacial score (nSPS) is 23.4. The predicted molar refractivity (Wildman–Crippen MR) is 68.7 cm³/mol. The number of hydrogen-bond donors (Lipinski definition) is 2. The minimum absolute atomic E-state index is 0.368. The molecule has 1 aromatic carbocycles. The second kappa shape index (κ2) is 4.00. The Balaban J connectivity index is 1.88. The van der Waals surface area contributed by atoms with Gasteiger partial charge in [-0.3, -0.25) is 0 Å². The second-order valence-corrected chi connectivity index (χ2v) is 4.93. The van der Waals surface area contributed by atoms with E-state index in [0.29, 0.717) is 12.0 Å². The fraction of sp³-hybridized carbons (Fsp3) is 0.357. The van der Waals surface area contributed by atoms with E-state index in [0.717, 1.165) is 24.4 Å². The molecule has 0 aliphatic heterocycles. The third-order valence-electron chi connectivity index (χ3n) is 3.59. The molecular weight excluding hydrogens is 210 g/mol. The van der Waals surface area contributed by atoms with E-state index in [2.05, 4.69) is 41.2 Å². The highest BCUT2D eigenvalue weighted by molar-refractivity contribution is 5.62. The largest absolute Gasteiger partial charge is 0.342 e. The average molecular weight is 227 g/mol. The van der Waals surface area contributed by atoms with Gasteiger partial charge in [-0.15, -0.1) is 0 Å². The summed E-state index contributed by atoms with van der Waals surface area (Å²) in [6.07, 6.45) is 4.04. The van der Waals surface area contributed by atoms with Crippen LogP contribution in [0.25, 0.3) is 11.3 Å². The number of nitrogens with zero attached hydrogens (tertiary/aromatic N) is 1. The van der Waals surface area contributed by atoms with Crippen LogP contribution in [0.2, 0.25) is 0 Å². The highest BCUT2D eigenvalue weighted by Gasteiger charge is 2.29. The average Bonchev–Trinajstić information content (AvgIpc) is 2.74. The van der Waals surface area contributed by atoms with Gasteiger partial charge in [-0.05, 0) is 25.3 Å². The molecule has 0 bridgehead atoms. The molecule has 3 N–H and O–H groups in total. The summed E-state index contributed by atoms with van der Waals surface area (Å²) in [5.41, 5.74) is 9.42. The van der Waals surface area contributed by atoms with E-state index in [4.69, 9.17) is 5.73 Å². The van der Waals surface area contributed by atoms with Crippen molar-refractivity contribution in [3.63, 3.8) is 0 Å². The van der Waals surface area contributed by atoms with E-state index >= 15 is 0 Å². The molecule has 88 valence electrons. The van der Waals surface area contributed by atoms with Gasteiger partial charge in [0.25, 0.3) is 0 Å². The highest BCUT2D eigenvalue weighted by atomic mass is 14.9. The van der Waals surface area contributed by atoms with E-state index in [1.165, 1.54) is 11.1 Å². The molecule has 0 radical (unpaired) electrons. The topological polar surface area (TPSA) is 54.7 Å². The third kappa shape index (κ3) is 1.87. The molecule has 1 fully saturated rings. The molecule has 0 saturated heterocycles. The Labute approximate surface area is 101 Å². The molecule has 3 nitrogen and oxygen atoms in total. The molecule has 1 saturated carbocycles. The predicted octanol–water partition coefficient (Wildman–Crippen LogP) is 2.59. The van der Waals surface area contributed by atoms with Gasteiger partial charge in [0.1, 0.15) is 5.82 Å². The first kappa shape index (κ1) is 10.5. The van der Waals surface area contributed by atoms with Crippen molar-refractivity contribution in [1.29, 1.82) is 0 Å². The third-order valence-corrected chi connectivity index (χ3v) is 3.59. The summed E-state index contributed by atoms with van der Waals surface area (Å²) in [5.74, 6) is 1.62. The summed E-state index contributed by atoms with van der Waals surface area (Å²) in [6, 6.07) is 8.73. The number of imidazole rings is 1. The smallest absolute Gasteiger partial charge is 0.109 e. The SMILES string of the molecule is Cc1ccccc1-c1cnc(C2CC(N)C2)[nH]1. The van der Waals surface area contributed by atoms with Gasteiger partial charge in [-0.25, -0.2) is 4.98 Å². The Morgan fingerprint density at radius 2 is 2.06 bits per heavy atom. The molecule has 2 aromatic rings. The lowest BCUT2D eigenvalue weighted by atomic mass is 9.80. The van der Waals surface area contributed by atoms with Gasteiger partial charge in [0.05, 0.1) is 11.9 Å². The van der Waals surface area contributed by atoms with Crippen LogP contribution in [-0.2, 0) is 0 Å². The van der Waals surface area contributed by atoms with Crippen molar-refractivity contribution in [3.8, 4) is 11.3 Å². The van der Waals surface area contributed by atoms with E-state index in [1.54, 1.807) is 0 Å². The van der Waals surface area contributed by atoms with Crippen molar-refractivity contribution >= 4 is 0 Å². The molecule has 0 atom stereocenters. The van der Waals surface area contributed by atoms with Gasteiger partial charge < -0.3 is 10.7 Å². The van der Waals surface area contributed by atoms with Crippen LogP contribution in [0.15, 0.2) is 30.5 Å². The number of nitrogens with one attached hydrogen (secondary N) is 1. The standard InChI is InChI=1S/C14H17N3/c1-9-4-2-3-5-12(9)13-8-16-14(17-13)10-6-11(15)7-10/h2-5,8,10-11H,6-7,15H2,1H3,(H,16,17). The summed E-state index contributed by atoms with van der Waals surface area (Å²) < 4.78 is 0. The van der Waals surface area contributed by atoms with Crippen LogP contribution in [0.4, 0.5) is 0 Å². The Kier molecular flexibility index (Phi) is 2.48. The van der Waals surface area contributed by atoms with Gasteiger partial charge in [-0.2, -0.15) is 0 Å². The molecule has 3 heteroatoms. The fourth-order valence-corrected chi connectivity index (χ4v) is 2.44. The van der Waals surface area contributed by atoms with E-state index in [1.807, 2.05) is 6.20 Å². The number of rotatable bonds is 2. The summed E-state index contributed by atoms with van der Waals surface area (Å²) in [4.78, 5) is 7.91. The number of H-pyrrole nitrogens is 1. The van der Waals surface area contributed by atoms with Gasteiger partial charge in [-0.1, -0.05) is 24.3 Å². The summed E-state index contributed by atoms with van der Waals surface area (Å²) in [6.45, 7) is 2.12. The molecule has 0 amide bonds. The number of aromatic nitrogens is 2. The van der Waals surface area contributed by atoms with Crippen LogP contribution >= 0.6 is 0 Å². The lowest BCUT2D eigenvalue weighted by molar-refractivity contribution is 0.340. The Morgan fingerprint density at radius 3 is 2.76 bits per heavy atom. The van der Waals surface area contributed by atoms with E-state index in [-0.39, 0.29) is 0 Å². The lowest BCUT2D eigenvalue weighted by Gasteiger charge is -2.30. The molecule has 1 aromatic heterocycles. The summed E-state index contributed by atoms with van der Waals surface area (Å²) in [7, 11) is 0. The first-order valence-electron chi connectivity index (χ1n) is 6.10. The summed E-state index contributed by atoms with van der Waals surface area (Å²) in [5, 5.41) is 0. The first-order valence-corrected chi connectivity index (χ1v) is 6.10. The first-order chi connectivity index (χ1) is 8.24. The Bertz CT molecular complexity index is 524. The van der Waals surface area contributed by atoms with Crippen molar-refractivity contribution in [1.82, 2.24) is 9.97 Å². The molecule has 3 rings (SSSR count). The summed E-state index contributed by atoms with van der Waals surface area (Å²) >= 11 is 0. The van der Waals surface area contributed by atoms with Crippen LogP contribution in [0, 0.1) is 6.92 Å². The zero-order valence-corrected chi connectivity index (χ0v) is 9.98. The zero-order chi connectivity index (χ0) is 11.8. The van der Waals surface area contributed by atoms with Crippen LogP contribution < -0.4 is 5.73 Å². The molecule has 1 aliphatic rings. The van der Waals surface area contributed by atoms with Gasteiger partial charge >= 0.3 is 0 Å². The molecule has 0 unspecified atom stereocenters. The number of nitrogens with two attached hydrogens (primary N) is 1. The molecule has 0 spiro atoms. The maximum atomic E-state index is 5.81.